The fourth-order valence-corrected chi connectivity index (χ4v) is 4.84. The molecule has 0 heterocycles. The van der Waals surface area contributed by atoms with Crippen molar-refractivity contribution in [1.29, 1.82) is 0 Å². The third-order valence-corrected chi connectivity index (χ3v) is 6.71. The summed E-state index contributed by atoms with van der Waals surface area (Å²) < 4.78 is 29.0. The van der Waals surface area contributed by atoms with Crippen LogP contribution < -0.4 is 4.31 Å². The van der Waals surface area contributed by atoms with Gasteiger partial charge in [0.1, 0.15) is 0 Å². The number of rotatable bonds is 9. The zero-order valence-electron chi connectivity index (χ0n) is 15.5. The van der Waals surface area contributed by atoms with Gasteiger partial charge in [0.2, 0.25) is 0 Å². The Balaban J connectivity index is 2.58. The molecule has 1 N–H and O–H groups in total. The minimum absolute atomic E-state index is 0.0812. The molecule has 146 valence electrons. The van der Waals surface area contributed by atoms with Crippen LogP contribution in [0.3, 0.4) is 0 Å². The molecule has 0 saturated carbocycles. The second-order valence-electron chi connectivity index (χ2n) is 6.16. The number of para-hydroxylation sites is 1. The first kappa shape index (κ1) is 21.4. The van der Waals surface area contributed by atoms with E-state index in [2.05, 4.69) is 15.9 Å². The number of hydrogen-bond acceptors (Lipinski definition) is 3. The smallest absolute Gasteiger partial charge is 0.303 e. The van der Waals surface area contributed by atoms with Crippen molar-refractivity contribution in [2.45, 2.75) is 44.4 Å². The highest BCUT2D eigenvalue weighted by molar-refractivity contribution is 9.10. The van der Waals surface area contributed by atoms with Gasteiger partial charge in [-0.05, 0) is 54.7 Å². The Morgan fingerprint density at radius 3 is 2.07 bits per heavy atom. The third-order valence-electron chi connectivity index (χ3n) is 4.37. The molecular weight excluding hydrogens is 430 g/mol. The number of sulfonamides is 1. The number of carbonyl (C=O) groups is 1. The summed E-state index contributed by atoms with van der Waals surface area (Å²) in [4.78, 5) is 11.1. The fraction of sp³-hybridized carbons (Fsp3) is 0.350. The van der Waals surface area contributed by atoms with E-state index in [0.29, 0.717) is 18.5 Å². The Hall–Kier alpha value is -1.86. The van der Waals surface area contributed by atoms with Gasteiger partial charge < -0.3 is 5.11 Å². The van der Waals surface area contributed by atoms with Gasteiger partial charge in [-0.3, -0.25) is 9.10 Å². The summed E-state index contributed by atoms with van der Waals surface area (Å²) in [6.45, 7) is 4.09. The van der Waals surface area contributed by atoms with E-state index in [1.54, 1.807) is 24.3 Å². The van der Waals surface area contributed by atoms with E-state index in [9.17, 15) is 13.2 Å². The lowest BCUT2D eigenvalue weighted by Crippen LogP contribution is -2.34. The van der Waals surface area contributed by atoms with Gasteiger partial charge in [-0.25, -0.2) is 8.42 Å². The van der Waals surface area contributed by atoms with Crippen molar-refractivity contribution in [3.05, 3.63) is 58.1 Å². The topological polar surface area (TPSA) is 74.7 Å². The number of aliphatic carboxylic acids is 1. The van der Waals surface area contributed by atoms with Gasteiger partial charge in [0.15, 0.2) is 0 Å². The van der Waals surface area contributed by atoms with E-state index in [1.807, 2.05) is 32.0 Å². The molecule has 0 bridgehead atoms. The number of carboxylic acids is 1. The number of hydrogen-bond donors (Lipinski definition) is 1. The average molecular weight is 454 g/mol. The van der Waals surface area contributed by atoms with E-state index in [1.165, 1.54) is 4.31 Å². The second kappa shape index (κ2) is 9.37. The Morgan fingerprint density at radius 2 is 1.59 bits per heavy atom. The van der Waals surface area contributed by atoms with Gasteiger partial charge in [-0.2, -0.15) is 0 Å². The summed E-state index contributed by atoms with van der Waals surface area (Å²) in [5.41, 5.74) is 2.55. The summed E-state index contributed by atoms with van der Waals surface area (Å²) in [5, 5.41) is 8.98. The molecule has 5 nitrogen and oxygen atoms in total. The van der Waals surface area contributed by atoms with Gasteiger partial charge >= 0.3 is 5.97 Å². The molecule has 7 heteroatoms. The number of benzene rings is 2. The molecule has 2 aromatic carbocycles. The predicted molar refractivity (Wildman–Crippen MR) is 111 cm³/mol. The van der Waals surface area contributed by atoms with Crippen LogP contribution in [-0.2, 0) is 27.7 Å². The summed E-state index contributed by atoms with van der Waals surface area (Å²) in [6, 6.07) is 12.3. The Morgan fingerprint density at radius 1 is 1.04 bits per heavy atom. The van der Waals surface area contributed by atoms with Crippen molar-refractivity contribution in [1.82, 2.24) is 0 Å². The zero-order valence-corrected chi connectivity index (χ0v) is 17.9. The standard InChI is InChI=1S/C20H24BrNO4S/c1-3-15-7-5-8-16(4-2)20(15)22(14-6-9-19(23)24)27(25,26)18-12-10-17(21)11-13-18/h5,7-8,10-13H,3-4,6,9,14H2,1-2H3,(H,23,24). The number of anilines is 1. The molecule has 0 aliphatic rings. The van der Waals surface area contributed by atoms with E-state index in [0.717, 1.165) is 15.6 Å². The molecule has 0 radical (unpaired) electrons. The first-order valence-electron chi connectivity index (χ1n) is 8.92. The van der Waals surface area contributed by atoms with Gasteiger partial charge in [0, 0.05) is 17.4 Å². The molecule has 0 aliphatic carbocycles. The van der Waals surface area contributed by atoms with Crippen LogP contribution in [0.2, 0.25) is 0 Å². The minimum atomic E-state index is -3.81. The maximum Gasteiger partial charge on any atom is 0.303 e. The van der Waals surface area contributed by atoms with Crippen molar-refractivity contribution < 1.29 is 18.3 Å². The van der Waals surface area contributed by atoms with E-state index in [-0.39, 0.29) is 24.3 Å². The number of carboxylic acid groups (broad SMARTS) is 1. The molecule has 0 saturated heterocycles. The minimum Gasteiger partial charge on any atom is -0.481 e. The predicted octanol–water partition coefficient (Wildman–Crippen LogP) is 4.63. The van der Waals surface area contributed by atoms with Crippen LogP contribution in [-0.4, -0.2) is 26.0 Å². The van der Waals surface area contributed by atoms with Crippen LogP contribution in [0.1, 0.15) is 37.8 Å². The zero-order chi connectivity index (χ0) is 20.0. The van der Waals surface area contributed by atoms with Gasteiger partial charge in [-0.15, -0.1) is 0 Å². The maximum absolute atomic E-state index is 13.4. The summed E-state index contributed by atoms with van der Waals surface area (Å²) in [5.74, 6) is -0.935. The highest BCUT2D eigenvalue weighted by atomic mass is 79.9. The monoisotopic (exact) mass is 453 g/mol. The lowest BCUT2D eigenvalue weighted by Gasteiger charge is -2.28. The molecule has 0 atom stereocenters. The molecule has 0 spiro atoms. The molecule has 0 fully saturated rings. The van der Waals surface area contributed by atoms with Gasteiger partial charge in [-0.1, -0.05) is 48.0 Å². The molecule has 27 heavy (non-hydrogen) atoms. The highest BCUT2D eigenvalue weighted by Crippen LogP contribution is 2.32. The van der Waals surface area contributed by atoms with Crippen LogP contribution in [0.5, 0.6) is 0 Å². The van der Waals surface area contributed by atoms with Gasteiger partial charge in [0.05, 0.1) is 10.6 Å². The fourth-order valence-electron chi connectivity index (χ4n) is 3.00. The van der Waals surface area contributed by atoms with E-state index in [4.69, 9.17) is 5.11 Å². The molecule has 0 unspecified atom stereocenters. The highest BCUT2D eigenvalue weighted by Gasteiger charge is 2.28. The van der Waals surface area contributed by atoms with Crippen LogP contribution in [0.4, 0.5) is 5.69 Å². The lowest BCUT2D eigenvalue weighted by atomic mass is 10.0. The Labute approximate surface area is 169 Å². The average Bonchev–Trinajstić information content (AvgIpc) is 2.64. The van der Waals surface area contributed by atoms with Crippen molar-refractivity contribution >= 4 is 37.6 Å². The molecule has 0 amide bonds. The van der Waals surface area contributed by atoms with Crippen molar-refractivity contribution in [3.8, 4) is 0 Å². The number of nitrogens with zero attached hydrogens (tertiary/aromatic N) is 1. The van der Waals surface area contributed by atoms with Crippen LogP contribution in [0, 0.1) is 0 Å². The molecule has 0 aromatic heterocycles. The summed E-state index contributed by atoms with van der Waals surface area (Å²) in [6.07, 6.45) is 1.54. The normalized spacial score (nSPS) is 11.4. The summed E-state index contributed by atoms with van der Waals surface area (Å²) >= 11 is 3.32. The maximum atomic E-state index is 13.4. The molecule has 2 rings (SSSR count). The largest absolute Gasteiger partial charge is 0.481 e. The molecular formula is C20H24BrNO4S. The van der Waals surface area contributed by atoms with Crippen LogP contribution in [0.15, 0.2) is 51.8 Å². The Kier molecular flexibility index (Phi) is 7.44. The van der Waals surface area contributed by atoms with Crippen molar-refractivity contribution in [3.63, 3.8) is 0 Å². The summed E-state index contributed by atoms with van der Waals surface area (Å²) in [7, 11) is -3.81. The van der Waals surface area contributed by atoms with Gasteiger partial charge in [0.25, 0.3) is 10.0 Å². The van der Waals surface area contributed by atoms with Crippen molar-refractivity contribution in [2.24, 2.45) is 0 Å². The lowest BCUT2D eigenvalue weighted by molar-refractivity contribution is -0.137. The quantitative estimate of drug-likeness (QED) is 0.600. The van der Waals surface area contributed by atoms with Crippen LogP contribution in [0.25, 0.3) is 0 Å². The second-order valence-corrected chi connectivity index (χ2v) is 8.94. The van der Waals surface area contributed by atoms with E-state index >= 15 is 0 Å². The van der Waals surface area contributed by atoms with E-state index < -0.39 is 16.0 Å². The first-order chi connectivity index (χ1) is 12.8. The SMILES string of the molecule is CCc1cccc(CC)c1N(CCCC(=O)O)S(=O)(=O)c1ccc(Br)cc1. The molecule has 2 aromatic rings. The third kappa shape index (κ3) is 5.11. The van der Waals surface area contributed by atoms with Crippen LogP contribution >= 0.6 is 15.9 Å². The molecule has 0 aliphatic heterocycles. The van der Waals surface area contributed by atoms with Crippen molar-refractivity contribution in [2.75, 3.05) is 10.8 Å². The number of halogens is 1. The first-order valence-corrected chi connectivity index (χ1v) is 11.1. The Bertz CT molecular complexity index is 872. The number of aryl methyl sites for hydroxylation is 2.